The van der Waals surface area contributed by atoms with E-state index in [1.54, 1.807) is 0 Å². The summed E-state index contributed by atoms with van der Waals surface area (Å²) < 4.78 is 0. The number of nitrogens with one attached hydrogen (secondary N) is 1. The second kappa shape index (κ2) is 7.68. The topological polar surface area (TPSA) is 15.3 Å². The van der Waals surface area contributed by atoms with Crippen LogP contribution in [0.4, 0.5) is 5.69 Å². The van der Waals surface area contributed by atoms with Crippen molar-refractivity contribution in [2.24, 2.45) is 5.92 Å². The van der Waals surface area contributed by atoms with E-state index in [1.165, 1.54) is 43.4 Å². The van der Waals surface area contributed by atoms with Gasteiger partial charge in [0.2, 0.25) is 0 Å². The number of anilines is 1. The summed E-state index contributed by atoms with van der Waals surface area (Å²) in [7, 11) is 2.13. The Bertz CT molecular complexity index is 396. The standard InChI is InChI=1S/C18H30N2/c1-4-20(17-12-8-9-15(2)13-17)14-18(19-3)16-10-6-5-7-11-16/h8-9,12-13,16,18-19H,4-7,10-11,14H2,1-3H3. The minimum atomic E-state index is 0.621. The molecule has 20 heavy (non-hydrogen) atoms. The van der Waals surface area contributed by atoms with Gasteiger partial charge in [-0.1, -0.05) is 31.4 Å². The molecule has 1 saturated carbocycles. The van der Waals surface area contributed by atoms with Crippen LogP contribution < -0.4 is 10.2 Å². The van der Waals surface area contributed by atoms with Crippen molar-refractivity contribution in [3.05, 3.63) is 29.8 Å². The monoisotopic (exact) mass is 274 g/mol. The zero-order valence-corrected chi connectivity index (χ0v) is 13.4. The lowest BCUT2D eigenvalue weighted by Crippen LogP contribution is -2.45. The van der Waals surface area contributed by atoms with Crippen molar-refractivity contribution in [2.75, 3.05) is 25.0 Å². The second-order valence-corrected chi connectivity index (χ2v) is 6.17. The third kappa shape index (κ3) is 3.99. The molecule has 1 fully saturated rings. The molecule has 0 heterocycles. The number of hydrogen-bond acceptors (Lipinski definition) is 2. The van der Waals surface area contributed by atoms with Gasteiger partial charge in [-0.05, 0) is 57.4 Å². The predicted molar refractivity (Wildman–Crippen MR) is 88.5 cm³/mol. The largest absolute Gasteiger partial charge is 0.370 e. The van der Waals surface area contributed by atoms with Gasteiger partial charge in [0.15, 0.2) is 0 Å². The Balaban J connectivity index is 2.03. The highest BCUT2D eigenvalue weighted by atomic mass is 15.1. The molecule has 0 spiro atoms. The Hall–Kier alpha value is -1.02. The van der Waals surface area contributed by atoms with E-state index in [-0.39, 0.29) is 0 Å². The van der Waals surface area contributed by atoms with Crippen molar-refractivity contribution >= 4 is 5.69 Å². The van der Waals surface area contributed by atoms with Gasteiger partial charge < -0.3 is 10.2 Å². The maximum absolute atomic E-state index is 3.58. The van der Waals surface area contributed by atoms with Crippen LogP contribution in [0.5, 0.6) is 0 Å². The minimum Gasteiger partial charge on any atom is -0.370 e. The average molecular weight is 274 g/mol. The molecule has 2 heteroatoms. The summed E-state index contributed by atoms with van der Waals surface area (Å²) in [4.78, 5) is 2.52. The fraction of sp³-hybridized carbons (Fsp3) is 0.667. The second-order valence-electron chi connectivity index (χ2n) is 6.17. The Labute approximate surface area is 124 Å². The zero-order chi connectivity index (χ0) is 14.4. The number of likely N-dealkylation sites (N-methyl/N-ethyl adjacent to an activating group) is 2. The number of aryl methyl sites for hydroxylation is 1. The third-order valence-corrected chi connectivity index (χ3v) is 4.76. The maximum Gasteiger partial charge on any atom is 0.0369 e. The number of nitrogens with zero attached hydrogens (tertiary/aromatic N) is 1. The summed E-state index contributed by atoms with van der Waals surface area (Å²) >= 11 is 0. The fourth-order valence-corrected chi connectivity index (χ4v) is 3.49. The van der Waals surface area contributed by atoms with Gasteiger partial charge >= 0.3 is 0 Å². The molecule has 0 saturated heterocycles. The van der Waals surface area contributed by atoms with E-state index in [1.807, 2.05) is 0 Å². The van der Waals surface area contributed by atoms with Crippen molar-refractivity contribution < 1.29 is 0 Å². The van der Waals surface area contributed by atoms with Crippen LogP contribution in [0.25, 0.3) is 0 Å². The molecule has 0 bridgehead atoms. The number of rotatable bonds is 6. The van der Waals surface area contributed by atoms with E-state index in [2.05, 4.69) is 55.4 Å². The first-order chi connectivity index (χ1) is 9.74. The molecule has 1 aromatic carbocycles. The van der Waals surface area contributed by atoms with Gasteiger partial charge in [-0.25, -0.2) is 0 Å². The lowest BCUT2D eigenvalue weighted by Gasteiger charge is -2.35. The van der Waals surface area contributed by atoms with Gasteiger partial charge in [-0.2, -0.15) is 0 Å². The van der Waals surface area contributed by atoms with E-state index in [0.717, 1.165) is 19.0 Å². The molecule has 1 atom stereocenters. The molecule has 112 valence electrons. The van der Waals surface area contributed by atoms with Crippen LogP contribution in [0.1, 0.15) is 44.6 Å². The molecule has 1 aliphatic carbocycles. The summed E-state index contributed by atoms with van der Waals surface area (Å²) in [5, 5.41) is 3.58. The van der Waals surface area contributed by atoms with E-state index in [0.29, 0.717) is 6.04 Å². The molecule has 0 radical (unpaired) electrons. The Morgan fingerprint density at radius 2 is 2.00 bits per heavy atom. The third-order valence-electron chi connectivity index (χ3n) is 4.76. The number of hydrogen-bond donors (Lipinski definition) is 1. The smallest absolute Gasteiger partial charge is 0.0369 e. The summed E-state index contributed by atoms with van der Waals surface area (Å²) in [6.07, 6.45) is 7.06. The van der Waals surface area contributed by atoms with E-state index in [4.69, 9.17) is 0 Å². The van der Waals surface area contributed by atoms with Gasteiger partial charge in [0.05, 0.1) is 0 Å². The molecule has 0 aliphatic heterocycles. The number of benzene rings is 1. The summed E-state index contributed by atoms with van der Waals surface area (Å²) in [6.45, 7) is 6.64. The van der Waals surface area contributed by atoms with Crippen LogP contribution in [-0.4, -0.2) is 26.2 Å². The molecule has 1 N–H and O–H groups in total. The van der Waals surface area contributed by atoms with Crippen LogP contribution in [0.15, 0.2) is 24.3 Å². The first-order valence-corrected chi connectivity index (χ1v) is 8.23. The van der Waals surface area contributed by atoms with Crippen molar-refractivity contribution in [3.8, 4) is 0 Å². The average Bonchev–Trinajstić information content (AvgIpc) is 2.49. The molecule has 0 amide bonds. The SMILES string of the molecule is CCN(CC(NC)C1CCCCC1)c1cccc(C)c1. The van der Waals surface area contributed by atoms with Crippen LogP contribution in [0.2, 0.25) is 0 Å². The van der Waals surface area contributed by atoms with Gasteiger partial charge in [0.1, 0.15) is 0 Å². The molecule has 1 unspecified atom stereocenters. The Kier molecular flexibility index (Phi) is 5.90. The minimum absolute atomic E-state index is 0.621. The molecule has 2 rings (SSSR count). The zero-order valence-electron chi connectivity index (χ0n) is 13.4. The highest BCUT2D eigenvalue weighted by Crippen LogP contribution is 2.27. The molecule has 1 aromatic rings. The summed E-state index contributed by atoms with van der Waals surface area (Å²) in [5.74, 6) is 0.854. The summed E-state index contributed by atoms with van der Waals surface area (Å²) in [6, 6.07) is 9.51. The van der Waals surface area contributed by atoms with Crippen molar-refractivity contribution in [1.82, 2.24) is 5.32 Å². The first kappa shape index (κ1) is 15.4. The van der Waals surface area contributed by atoms with Crippen LogP contribution in [0.3, 0.4) is 0 Å². The molecule has 2 nitrogen and oxygen atoms in total. The molecular formula is C18H30N2. The van der Waals surface area contributed by atoms with Gasteiger partial charge in [0.25, 0.3) is 0 Å². The molecule has 1 aliphatic rings. The van der Waals surface area contributed by atoms with Crippen LogP contribution in [-0.2, 0) is 0 Å². The highest BCUT2D eigenvalue weighted by molar-refractivity contribution is 5.48. The predicted octanol–water partition coefficient (Wildman–Crippen LogP) is 3.99. The van der Waals surface area contributed by atoms with E-state index < -0.39 is 0 Å². The van der Waals surface area contributed by atoms with Gasteiger partial charge in [-0.15, -0.1) is 0 Å². The lowest BCUT2D eigenvalue weighted by molar-refractivity contribution is 0.279. The van der Waals surface area contributed by atoms with Crippen LogP contribution >= 0.6 is 0 Å². The van der Waals surface area contributed by atoms with Gasteiger partial charge in [0, 0.05) is 24.8 Å². The van der Waals surface area contributed by atoms with Crippen molar-refractivity contribution in [2.45, 2.75) is 52.0 Å². The highest BCUT2D eigenvalue weighted by Gasteiger charge is 2.24. The van der Waals surface area contributed by atoms with E-state index >= 15 is 0 Å². The quantitative estimate of drug-likeness (QED) is 0.844. The van der Waals surface area contributed by atoms with Crippen molar-refractivity contribution in [1.29, 1.82) is 0 Å². The Morgan fingerprint density at radius 1 is 1.25 bits per heavy atom. The Morgan fingerprint density at radius 3 is 2.60 bits per heavy atom. The van der Waals surface area contributed by atoms with Gasteiger partial charge in [-0.3, -0.25) is 0 Å². The normalized spacial score (nSPS) is 17.9. The maximum atomic E-state index is 3.58. The first-order valence-electron chi connectivity index (χ1n) is 8.23. The lowest BCUT2D eigenvalue weighted by atomic mass is 9.83. The van der Waals surface area contributed by atoms with Crippen LogP contribution in [0, 0.1) is 12.8 Å². The summed E-state index contributed by atoms with van der Waals surface area (Å²) in [5.41, 5.74) is 2.71. The molecular weight excluding hydrogens is 244 g/mol. The molecule has 0 aromatic heterocycles. The van der Waals surface area contributed by atoms with Crippen molar-refractivity contribution in [3.63, 3.8) is 0 Å². The van der Waals surface area contributed by atoms with E-state index in [9.17, 15) is 0 Å². The fourth-order valence-electron chi connectivity index (χ4n) is 3.49.